The van der Waals surface area contributed by atoms with E-state index in [4.69, 9.17) is 4.74 Å². The van der Waals surface area contributed by atoms with Gasteiger partial charge in [-0.15, -0.1) is 0 Å². The van der Waals surface area contributed by atoms with Crippen LogP contribution in [-0.4, -0.2) is 24.7 Å². The average Bonchev–Trinajstić information content (AvgIpc) is 1.97. The van der Waals surface area contributed by atoms with Crippen LogP contribution in [0.3, 0.4) is 0 Å². The van der Waals surface area contributed by atoms with Gasteiger partial charge in [-0.25, -0.2) is 0 Å². The summed E-state index contributed by atoms with van der Waals surface area (Å²) in [6.45, 7) is 7.32. The minimum absolute atomic E-state index is 0.217. The van der Waals surface area contributed by atoms with E-state index in [2.05, 4.69) is 46.0 Å². The Balaban J connectivity index is 4.11. The van der Waals surface area contributed by atoms with Gasteiger partial charge in [0.2, 0.25) is 0 Å². The lowest BCUT2D eigenvalue weighted by Crippen LogP contribution is -2.33. The number of hydrogen-bond acceptors (Lipinski definition) is 3. The molecule has 0 aromatic heterocycles. The molecule has 0 heterocycles. The Kier molecular flexibility index (Phi) is 5.70. The molecule has 2 atom stereocenters. The molecule has 3 heteroatoms. The molecule has 0 bridgehead atoms. The fraction of sp³-hybridized carbons (Fsp3) is 1.00. The predicted octanol–water partition coefficient (Wildman–Crippen LogP) is 2.52. The minimum Gasteiger partial charge on any atom is -0.384 e. The Morgan fingerprint density at radius 2 is 1.83 bits per heavy atom. The van der Waals surface area contributed by atoms with Crippen molar-refractivity contribution < 1.29 is 4.74 Å². The summed E-state index contributed by atoms with van der Waals surface area (Å²) in [6.07, 6.45) is 0. The van der Waals surface area contributed by atoms with Crippen LogP contribution in [-0.2, 0) is 4.74 Å². The summed E-state index contributed by atoms with van der Waals surface area (Å²) in [6, 6.07) is 0. The molecular formula is C9H20OS2. The van der Waals surface area contributed by atoms with Crippen LogP contribution in [0.5, 0.6) is 0 Å². The molecule has 2 unspecified atom stereocenters. The molecule has 0 aromatic rings. The first-order valence-electron chi connectivity index (χ1n) is 4.21. The molecule has 0 aliphatic rings. The van der Waals surface area contributed by atoms with Crippen LogP contribution in [0.25, 0.3) is 0 Å². The largest absolute Gasteiger partial charge is 0.384 e. The van der Waals surface area contributed by atoms with Gasteiger partial charge in [-0.1, -0.05) is 20.8 Å². The van der Waals surface area contributed by atoms with Crippen molar-refractivity contribution in [3.63, 3.8) is 0 Å². The normalized spacial score (nSPS) is 17.5. The second-order valence-corrected chi connectivity index (χ2v) is 5.13. The lowest BCUT2D eigenvalue weighted by Gasteiger charge is -2.32. The van der Waals surface area contributed by atoms with E-state index in [0.717, 1.165) is 12.4 Å². The van der Waals surface area contributed by atoms with Crippen molar-refractivity contribution >= 4 is 25.3 Å². The first-order valence-corrected chi connectivity index (χ1v) is 5.36. The first-order chi connectivity index (χ1) is 5.43. The number of ether oxygens (including phenoxy) is 1. The van der Waals surface area contributed by atoms with Gasteiger partial charge in [0.1, 0.15) is 0 Å². The van der Waals surface area contributed by atoms with E-state index in [1.807, 2.05) is 0 Å². The maximum absolute atomic E-state index is 5.11. The first kappa shape index (κ1) is 12.7. The molecule has 1 nitrogen and oxygen atoms in total. The number of thiol groups is 2. The van der Waals surface area contributed by atoms with E-state index >= 15 is 0 Å². The minimum atomic E-state index is 0.217. The summed E-state index contributed by atoms with van der Waals surface area (Å²) >= 11 is 8.88. The number of rotatable bonds is 4. The van der Waals surface area contributed by atoms with Crippen LogP contribution in [0, 0.1) is 11.3 Å². The van der Waals surface area contributed by atoms with Crippen molar-refractivity contribution in [2.24, 2.45) is 11.3 Å². The van der Waals surface area contributed by atoms with E-state index < -0.39 is 0 Å². The topological polar surface area (TPSA) is 9.23 Å². The Bertz CT molecular complexity index is 120. The maximum atomic E-state index is 5.11. The summed E-state index contributed by atoms with van der Waals surface area (Å²) in [5.74, 6) is 1.26. The molecule has 0 radical (unpaired) electrons. The quantitative estimate of drug-likeness (QED) is 0.675. The smallest absolute Gasteiger partial charge is 0.0509 e. The van der Waals surface area contributed by atoms with Crippen molar-refractivity contribution in [3.05, 3.63) is 0 Å². The maximum Gasteiger partial charge on any atom is 0.0509 e. The van der Waals surface area contributed by atoms with Gasteiger partial charge in [0.05, 0.1) is 6.61 Å². The fourth-order valence-corrected chi connectivity index (χ4v) is 1.84. The van der Waals surface area contributed by atoms with E-state index in [9.17, 15) is 0 Å². The number of methoxy groups -OCH3 is 1. The SMILES string of the molecule is COCC(CS)C(S)C(C)(C)C. The van der Waals surface area contributed by atoms with Gasteiger partial charge in [-0.3, -0.25) is 0 Å². The summed E-state index contributed by atoms with van der Waals surface area (Å²) < 4.78 is 5.11. The molecule has 0 spiro atoms. The molecule has 0 N–H and O–H groups in total. The molecule has 12 heavy (non-hydrogen) atoms. The van der Waals surface area contributed by atoms with E-state index in [1.54, 1.807) is 7.11 Å². The molecular weight excluding hydrogens is 188 g/mol. The predicted molar refractivity (Wildman–Crippen MR) is 61.4 cm³/mol. The Morgan fingerprint density at radius 1 is 1.33 bits per heavy atom. The summed E-state index contributed by atoms with van der Waals surface area (Å²) in [7, 11) is 1.72. The Hall–Kier alpha value is 0.660. The van der Waals surface area contributed by atoms with Gasteiger partial charge in [0.15, 0.2) is 0 Å². The molecule has 0 aliphatic heterocycles. The second-order valence-electron chi connectivity index (χ2n) is 4.21. The molecule has 0 fully saturated rings. The molecule has 0 saturated carbocycles. The van der Waals surface area contributed by atoms with Gasteiger partial charge >= 0.3 is 0 Å². The zero-order valence-electron chi connectivity index (χ0n) is 8.37. The van der Waals surface area contributed by atoms with E-state index in [0.29, 0.717) is 11.2 Å². The lowest BCUT2D eigenvalue weighted by molar-refractivity contribution is 0.142. The zero-order chi connectivity index (χ0) is 9.78. The van der Waals surface area contributed by atoms with Crippen molar-refractivity contribution in [2.75, 3.05) is 19.5 Å². The summed E-state index contributed by atoms with van der Waals surface area (Å²) in [5, 5.41) is 0.343. The fourth-order valence-electron chi connectivity index (χ4n) is 1.16. The molecule has 0 saturated heterocycles. The van der Waals surface area contributed by atoms with Gasteiger partial charge in [-0.2, -0.15) is 25.3 Å². The highest BCUT2D eigenvalue weighted by molar-refractivity contribution is 7.81. The van der Waals surface area contributed by atoms with E-state index in [-0.39, 0.29) is 5.41 Å². The number of hydrogen-bond donors (Lipinski definition) is 2. The van der Waals surface area contributed by atoms with Crippen molar-refractivity contribution in [1.29, 1.82) is 0 Å². The highest BCUT2D eigenvalue weighted by Crippen LogP contribution is 2.30. The Labute approximate surface area is 87.1 Å². The monoisotopic (exact) mass is 208 g/mol. The third-order valence-corrected chi connectivity index (χ3v) is 3.61. The van der Waals surface area contributed by atoms with Crippen LogP contribution < -0.4 is 0 Å². The molecule has 74 valence electrons. The van der Waals surface area contributed by atoms with Crippen molar-refractivity contribution in [2.45, 2.75) is 26.0 Å². The van der Waals surface area contributed by atoms with Crippen LogP contribution >= 0.6 is 25.3 Å². The van der Waals surface area contributed by atoms with E-state index in [1.165, 1.54) is 0 Å². The Morgan fingerprint density at radius 3 is 2.08 bits per heavy atom. The highest BCUT2D eigenvalue weighted by Gasteiger charge is 2.28. The summed E-state index contributed by atoms with van der Waals surface area (Å²) in [5.41, 5.74) is 0.217. The summed E-state index contributed by atoms with van der Waals surface area (Å²) in [4.78, 5) is 0. The third-order valence-electron chi connectivity index (χ3n) is 1.95. The van der Waals surface area contributed by atoms with Gasteiger partial charge < -0.3 is 4.74 Å². The van der Waals surface area contributed by atoms with Crippen molar-refractivity contribution in [3.8, 4) is 0 Å². The molecule has 0 amide bonds. The zero-order valence-corrected chi connectivity index (χ0v) is 10.2. The lowest BCUT2D eigenvalue weighted by atomic mass is 9.85. The van der Waals surface area contributed by atoms with Crippen LogP contribution in [0.4, 0.5) is 0 Å². The van der Waals surface area contributed by atoms with Crippen LogP contribution in [0.2, 0.25) is 0 Å². The van der Waals surface area contributed by atoms with Crippen molar-refractivity contribution in [1.82, 2.24) is 0 Å². The standard InChI is InChI=1S/C9H20OS2/c1-9(2,3)8(12)7(6-11)5-10-4/h7-8,11-12H,5-6H2,1-4H3. The van der Waals surface area contributed by atoms with Crippen LogP contribution in [0.1, 0.15) is 20.8 Å². The third kappa shape index (κ3) is 4.06. The molecule has 0 rings (SSSR count). The second kappa shape index (κ2) is 5.40. The highest BCUT2D eigenvalue weighted by atomic mass is 32.1. The average molecular weight is 208 g/mol. The van der Waals surface area contributed by atoms with Gasteiger partial charge in [0.25, 0.3) is 0 Å². The molecule has 0 aliphatic carbocycles. The molecule has 0 aromatic carbocycles. The van der Waals surface area contributed by atoms with Crippen LogP contribution in [0.15, 0.2) is 0 Å². The van der Waals surface area contributed by atoms with Gasteiger partial charge in [-0.05, 0) is 11.2 Å². The van der Waals surface area contributed by atoms with Gasteiger partial charge in [0, 0.05) is 18.3 Å².